The van der Waals surface area contributed by atoms with Crippen molar-refractivity contribution in [3.63, 3.8) is 0 Å². The lowest BCUT2D eigenvalue weighted by Gasteiger charge is -2.63. The van der Waals surface area contributed by atoms with E-state index in [-0.39, 0.29) is 0 Å². The molecule has 0 N–H and O–H groups in total. The highest BCUT2D eigenvalue weighted by Crippen LogP contribution is 2.58. The molecule has 0 radical (unpaired) electrons. The number of pyridine rings is 1. The van der Waals surface area contributed by atoms with E-state index in [2.05, 4.69) is 45.1 Å². The van der Waals surface area contributed by atoms with E-state index >= 15 is 0 Å². The molecule has 30 heavy (non-hydrogen) atoms. The molecular formula is C26H32N4. The molecule has 2 saturated heterocycles. The van der Waals surface area contributed by atoms with Gasteiger partial charge in [0, 0.05) is 43.0 Å². The van der Waals surface area contributed by atoms with E-state index < -0.39 is 0 Å². The Labute approximate surface area is 180 Å². The number of piperidine rings is 1. The fraction of sp³-hybridized carbons (Fsp3) is 0.538. The van der Waals surface area contributed by atoms with Crippen molar-refractivity contribution >= 4 is 0 Å². The van der Waals surface area contributed by atoms with Gasteiger partial charge in [-0.15, -0.1) is 0 Å². The number of hydrogen-bond donors (Lipinski definition) is 0. The van der Waals surface area contributed by atoms with Gasteiger partial charge in [0.1, 0.15) is 0 Å². The Bertz CT molecular complexity index is 871. The van der Waals surface area contributed by atoms with Gasteiger partial charge >= 0.3 is 0 Å². The van der Waals surface area contributed by atoms with Gasteiger partial charge in [0.2, 0.25) is 0 Å². The van der Waals surface area contributed by atoms with Crippen molar-refractivity contribution < 1.29 is 0 Å². The molecule has 2 aliphatic heterocycles. The number of rotatable bonds is 4. The molecule has 1 unspecified atom stereocenters. The molecule has 2 aromatic rings. The van der Waals surface area contributed by atoms with Crippen molar-refractivity contribution in [3.05, 3.63) is 65.5 Å². The normalized spacial score (nSPS) is 25.0. The molecular weight excluding hydrogens is 368 g/mol. The Morgan fingerprint density at radius 2 is 1.67 bits per heavy atom. The molecule has 0 amide bonds. The Morgan fingerprint density at radius 3 is 2.33 bits per heavy atom. The number of aromatic nitrogens is 1. The second-order valence-corrected chi connectivity index (χ2v) is 9.59. The molecule has 4 heteroatoms. The molecule has 1 aromatic carbocycles. The average Bonchev–Trinajstić information content (AvgIpc) is 2.80. The minimum Gasteiger partial charge on any atom is -0.299 e. The number of nitrogens with zero attached hydrogens (tertiary/aromatic N) is 4. The number of benzene rings is 1. The Morgan fingerprint density at radius 1 is 0.967 bits per heavy atom. The highest BCUT2D eigenvalue weighted by atomic mass is 15.3. The zero-order valence-electron chi connectivity index (χ0n) is 17.8. The molecule has 1 saturated carbocycles. The summed E-state index contributed by atoms with van der Waals surface area (Å²) in [6.45, 7) is 4.62. The zero-order chi connectivity index (χ0) is 20.4. The lowest BCUT2D eigenvalue weighted by atomic mass is 9.60. The van der Waals surface area contributed by atoms with Gasteiger partial charge < -0.3 is 0 Å². The van der Waals surface area contributed by atoms with Crippen LogP contribution in [0.4, 0.5) is 0 Å². The third-order valence-electron chi connectivity index (χ3n) is 7.80. The molecule has 1 aromatic heterocycles. The zero-order valence-corrected chi connectivity index (χ0v) is 17.8. The first-order chi connectivity index (χ1) is 14.8. The van der Waals surface area contributed by atoms with Gasteiger partial charge in [-0.25, -0.2) is 0 Å². The second-order valence-electron chi connectivity index (χ2n) is 9.59. The van der Waals surface area contributed by atoms with Gasteiger partial charge in [-0.05, 0) is 74.2 Å². The summed E-state index contributed by atoms with van der Waals surface area (Å²) in [7, 11) is 0. The van der Waals surface area contributed by atoms with Crippen LogP contribution < -0.4 is 0 Å². The predicted molar refractivity (Wildman–Crippen MR) is 119 cm³/mol. The summed E-state index contributed by atoms with van der Waals surface area (Å²) >= 11 is 0. The second kappa shape index (κ2) is 8.49. The first-order valence-electron chi connectivity index (χ1n) is 11.6. The van der Waals surface area contributed by atoms with Crippen LogP contribution in [0.25, 0.3) is 0 Å². The molecule has 3 fully saturated rings. The minimum atomic E-state index is 0.513. The van der Waals surface area contributed by atoms with Crippen LogP contribution in [0, 0.1) is 16.7 Å². The largest absolute Gasteiger partial charge is 0.299 e. The number of nitriles is 1. The van der Waals surface area contributed by atoms with E-state index in [0.29, 0.717) is 17.5 Å². The van der Waals surface area contributed by atoms with Crippen LogP contribution in [0.15, 0.2) is 48.8 Å². The maximum absolute atomic E-state index is 8.99. The first kappa shape index (κ1) is 19.7. The smallest absolute Gasteiger partial charge is 0.0991 e. The van der Waals surface area contributed by atoms with Crippen LogP contribution in [-0.2, 0) is 6.54 Å². The van der Waals surface area contributed by atoms with Crippen molar-refractivity contribution in [2.24, 2.45) is 5.41 Å². The van der Waals surface area contributed by atoms with Crippen LogP contribution in [0.1, 0.15) is 67.7 Å². The molecule has 4 nitrogen and oxygen atoms in total. The average molecular weight is 401 g/mol. The summed E-state index contributed by atoms with van der Waals surface area (Å²) < 4.78 is 0. The monoisotopic (exact) mass is 400 g/mol. The van der Waals surface area contributed by atoms with Crippen LogP contribution in [0.2, 0.25) is 0 Å². The standard InChI is InChI=1S/C26H32N4/c27-18-21-4-6-22(7-5-21)19-29-16-10-24(11-17-29)30-20-26(12-2-1-3-13-26)25(30)23-8-14-28-15-9-23/h4-9,14-15,24-25H,1-3,10-13,16-17,19-20H2. The summed E-state index contributed by atoms with van der Waals surface area (Å²) in [5.41, 5.74) is 4.05. The maximum Gasteiger partial charge on any atom is 0.0991 e. The number of likely N-dealkylation sites (tertiary alicyclic amines) is 2. The van der Waals surface area contributed by atoms with Crippen LogP contribution in [0.3, 0.4) is 0 Å². The summed E-state index contributed by atoms with van der Waals surface area (Å²) in [6.07, 6.45) is 13.5. The molecule has 156 valence electrons. The van der Waals surface area contributed by atoms with Crippen molar-refractivity contribution in [1.82, 2.24) is 14.8 Å². The SMILES string of the molecule is N#Cc1ccc(CN2CCC(N3CC4(CCCCC4)C3c3ccncc3)CC2)cc1. The van der Waals surface area contributed by atoms with E-state index in [9.17, 15) is 0 Å². The maximum atomic E-state index is 8.99. The fourth-order valence-corrected chi connectivity index (χ4v) is 6.25. The van der Waals surface area contributed by atoms with Crippen molar-refractivity contribution in [1.29, 1.82) is 5.26 Å². The van der Waals surface area contributed by atoms with Crippen molar-refractivity contribution in [3.8, 4) is 6.07 Å². The van der Waals surface area contributed by atoms with Crippen LogP contribution >= 0.6 is 0 Å². The van der Waals surface area contributed by atoms with E-state index in [0.717, 1.165) is 25.2 Å². The van der Waals surface area contributed by atoms with Crippen LogP contribution in [0.5, 0.6) is 0 Å². The highest BCUT2D eigenvalue weighted by molar-refractivity contribution is 5.31. The van der Waals surface area contributed by atoms with E-state index in [4.69, 9.17) is 5.26 Å². The minimum absolute atomic E-state index is 0.513. The van der Waals surface area contributed by atoms with Crippen molar-refractivity contribution in [2.45, 2.75) is 63.6 Å². The Hall–Kier alpha value is -2.22. The third-order valence-corrected chi connectivity index (χ3v) is 7.80. The van der Waals surface area contributed by atoms with Gasteiger partial charge in [-0.3, -0.25) is 14.8 Å². The molecule has 1 atom stereocenters. The van der Waals surface area contributed by atoms with Gasteiger partial charge in [0.05, 0.1) is 11.6 Å². The summed E-state index contributed by atoms with van der Waals surface area (Å²) in [6, 6.07) is 16.1. The van der Waals surface area contributed by atoms with E-state index in [1.165, 1.54) is 62.6 Å². The molecule has 3 aliphatic rings. The van der Waals surface area contributed by atoms with Gasteiger partial charge in [-0.1, -0.05) is 31.4 Å². The van der Waals surface area contributed by atoms with Crippen molar-refractivity contribution in [2.75, 3.05) is 19.6 Å². The molecule has 0 bridgehead atoms. The summed E-state index contributed by atoms with van der Waals surface area (Å²) in [5.74, 6) is 0. The van der Waals surface area contributed by atoms with Gasteiger partial charge in [0.25, 0.3) is 0 Å². The predicted octanol–water partition coefficient (Wildman–Crippen LogP) is 4.93. The molecule has 3 heterocycles. The molecule has 5 rings (SSSR count). The van der Waals surface area contributed by atoms with Crippen LogP contribution in [-0.4, -0.2) is 40.5 Å². The third kappa shape index (κ3) is 3.77. The lowest BCUT2D eigenvalue weighted by molar-refractivity contribution is -0.133. The topological polar surface area (TPSA) is 43.2 Å². The summed E-state index contributed by atoms with van der Waals surface area (Å²) in [5, 5.41) is 8.99. The first-order valence-corrected chi connectivity index (χ1v) is 11.6. The summed E-state index contributed by atoms with van der Waals surface area (Å²) in [4.78, 5) is 9.69. The quantitative estimate of drug-likeness (QED) is 0.730. The fourth-order valence-electron chi connectivity index (χ4n) is 6.25. The highest BCUT2D eigenvalue weighted by Gasteiger charge is 2.54. The van der Waals surface area contributed by atoms with E-state index in [1.807, 2.05) is 24.5 Å². The Kier molecular flexibility index (Phi) is 5.58. The lowest BCUT2D eigenvalue weighted by Crippen LogP contribution is -2.63. The van der Waals surface area contributed by atoms with Gasteiger partial charge in [0.15, 0.2) is 0 Å². The number of hydrogen-bond acceptors (Lipinski definition) is 4. The molecule has 1 spiro atoms. The molecule has 1 aliphatic carbocycles. The van der Waals surface area contributed by atoms with Gasteiger partial charge in [-0.2, -0.15) is 5.26 Å². The van der Waals surface area contributed by atoms with E-state index in [1.54, 1.807) is 0 Å². The Balaban J connectivity index is 1.23.